The summed E-state index contributed by atoms with van der Waals surface area (Å²) < 4.78 is 1.63. The lowest BCUT2D eigenvalue weighted by Crippen LogP contribution is -2.38. The van der Waals surface area contributed by atoms with Gasteiger partial charge in [-0.25, -0.2) is 4.68 Å². The first-order chi connectivity index (χ1) is 10.0. The lowest BCUT2D eigenvalue weighted by molar-refractivity contribution is 0.0977. The zero-order valence-electron chi connectivity index (χ0n) is 11.9. The van der Waals surface area contributed by atoms with Gasteiger partial charge >= 0.3 is 0 Å². The minimum Gasteiger partial charge on any atom is -0.298 e. The van der Waals surface area contributed by atoms with Crippen LogP contribution >= 0.6 is 24.0 Å². The van der Waals surface area contributed by atoms with Crippen LogP contribution in [0.2, 0.25) is 0 Å². The highest BCUT2D eigenvalue weighted by Gasteiger charge is 2.11. The van der Waals surface area contributed by atoms with Gasteiger partial charge in [0.2, 0.25) is 5.16 Å². The largest absolute Gasteiger partial charge is 0.298 e. The molecular weight excluding hydrogens is 306 g/mol. The van der Waals surface area contributed by atoms with Crippen LogP contribution in [0.15, 0.2) is 29.4 Å². The maximum Gasteiger partial charge on any atom is 0.257 e. The Hall–Kier alpha value is -1.93. The molecule has 6 nitrogen and oxygen atoms in total. The molecule has 2 aromatic rings. The molecule has 1 heterocycles. The average molecular weight is 321 g/mol. The fraction of sp³-hybridized carbons (Fsp3) is 0.231. The Kier molecular flexibility index (Phi) is 4.92. The van der Waals surface area contributed by atoms with Crippen molar-refractivity contribution in [1.29, 1.82) is 0 Å². The van der Waals surface area contributed by atoms with Crippen molar-refractivity contribution in [3.8, 4) is 0 Å². The van der Waals surface area contributed by atoms with E-state index in [-0.39, 0.29) is 11.0 Å². The van der Waals surface area contributed by atoms with Gasteiger partial charge in [-0.15, -0.1) is 10.2 Å². The van der Waals surface area contributed by atoms with E-state index in [4.69, 9.17) is 12.2 Å². The summed E-state index contributed by atoms with van der Waals surface area (Å²) in [5, 5.41) is 11.4. The SMILES string of the molecule is CSc1nnc(C)n1NC(=S)NC(=O)c1cccc(C)c1. The third-order valence-electron chi connectivity index (χ3n) is 2.70. The second-order valence-electron chi connectivity index (χ2n) is 4.33. The Balaban J connectivity index is 2.05. The summed E-state index contributed by atoms with van der Waals surface area (Å²) in [5.41, 5.74) is 4.47. The molecule has 2 rings (SSSR count). The molecule has 1 amide bonds. The number of amides is 1. The van der Waals surface area contributed by atoms with Gasteiger partial charge in [-0.1, -0.05) is 29.5 Å². The van der Waals surface area contributed by atoms with Gasteiger partial charge < -0.3 is 0 Å². The third kappa shape index (κ3) is 3.79. The zero-order valence-corrected chi connectivity index (χ0v) is 13.5. The summed E-state index contributed by atoms with van der Waals surface area (Å²) >= 11 is 6.58. The van der Waals surface area contributed by atoms with E-state index in [9.17, 15) is 4.79 Å². The minimum atomic E-state index is -0.257. The Labute approximate surface area is 132 Å². The predicted molar refractivity (Wildman–Crippen MR) is 87.1 cm³/mol. The molecule has 0 fully saturated rings. The molecule has 0 aliphatic heterocycles. The van der Waals surface area contributed by atoms with Crippen molar-refractivity contribution in [1.82, 2.24) is 20.2 Å². The number of aromatic nitrogens is 3. The van der Waals surface area contributed by atoms with Crippen LogP contribution in [0.1, 0.15) is 21.7 Å². The van der Waals surface area contributed by atoms with Gasteiger partial charge in [-0.2, -0.15) is 0 Å². The highest BCUT2D eigenvalue weighted by atomic mass is 32.2. The molecule has 0 radical (unpaired) electrons. The number of thiocarbonyl (C=S) groups is 1. The summed E-state index contributed by atoms with van der Waals surface area (Å²) in [6.07, 6.45) is 1.88. The number of benzene rings is 1. The second-order valence-corrected chi connectivity index (χ2v) is 5.52. The number of rotatable bonds is 3. The summed E-state index contributed by atoms with van der Waals surface area (Å²) in [7, 11) is 0. The fourth-order valence-corrected chi connectivity index (χ4v) is 2.36. The summed E-state index contributed by atoms with van der Waals surface area (Å²) in [6, 6.07) is 7.30. The standard InChI is InChI=1S/C13H15N5OS2/c1-8-5-4-6-10(7-8)11(19)14-12(20)17-18-9(2)15-16-13(18)21-3/h4-7H,1-3H3,(H2,14,17,19,20). The van der Waals surface area contributed by atoms with Crippen molar-refractivity contribution in [3.05, 3.63) is 41.2 Å². The molecule has 0 aliphatic carbocycles. The van der Waals surface area contributed by atoms with Gasteiger partial charge in [-0.05, 0) is 44.5 Å². The fourth-order valence-electron chi connectivity index (χ4n) is 1.69. The number of nitrogens with zero attached hydrogens (tertiary/aromatic N) is 3. The van der Waals surface area contributed by atoms with Gasteiger partial charge in [0, 0.05) is 5.56 Å². The zero-order chi connectivity index (χ0) is 15.4. The average Bonchev–Trinajstić information content (AvgIpc) is 2.79. The van der Waals surface area contributed by atoms with E-state index in [2.05, 4.69) is 20.9 Å². The number of nitrogens with one attached hydrogen (secondary N) is 2. The first-order valence-electron chi connectivity index (χ1n) is 6.16. The molecule has 0 atom stereocenters. The Bertz CT molecular complexity index is 683. The highest BCUT2D eigenvalue weighted by Crippen LogP contribution is 2.10. The summed E-state index contributed by atoms with van der Waals surface area (Å²) in [6.45, 7) is 3.73. The summed E-state index contributed by atoms with van der Waals surface area (Å²) in [4.78, 5) is 12.1. The van der Waals surface area contributed by atoms with Gasteiger partial charge in [0.25, 0.3) is 5.91 Å². The topological polar surface area (TPSA) is 71.8 Å². The minimum absolute atomic E-state index is 0.194. The molecule has 8 heteroatoms. The molecule has 21 heavy (non-hydrogen) atoms. The van der Waals surface area contributed by atoms with Crippen LogP contribution in [0.4, 0.5) is 0 Å². The van der Waals surface area contributed by atoms with Gasteiger partial charge in [0.15, 0.2) is 5.11 Å². The first kappa shape index (κ1) is 15.5. The smallest absolute Gasteiger partial charge is 0.257 e. The van der Waals surface area contributed by atoms with Crippen molar-refractivity contribution >= 4 is 35.0 Å². The number of aryl methyl sites for hydroxylation is 2. The van der Waals surface area contributed by atoms with Crippen LogP contribution < -0.4 is 10.7 Å². The maximum atomic E-state index is 12.1. The molecule has 0 spiro atoms. The van der Waals surface area contributed by atoms with Gasteiger partial charge in [0.05, 0.1) is 0 Å². The Morgan fingerprint density at radius 1 is 1.33 bits per heavy atom. The van der Waals surface area contributed by atoms with Crippen LogP contribution in [-0.2, 0) is 0 Å². The first-order valence-corrected chi connectivity index (χ1v) is 7.79. The van der Waals surface area contributed by atoms with E-state index in [1.54, 1.807) is 23.7 Å². The van der Waals surface area contributed by atoms with E-state index < -0.39 is 0 Å². The normalized spacial score (nSPS) is 10.2. The summed E-state index contributed by atoms with van der Waals surface area (Å²) in [5.74, 6) is 0.402. The monoisotopic (exact) mass is 321 g/mol. The van der Waals surface area contributed by atoms with E-state index >= 15 is 0 Å². The highest BCUT2D eigenvalue weighted by molar-refractivity contribution is 7.98. The van der Waals surface area contributed by atoms with Crippen LogP contribution in [-0.4, -0.2) is 32.1 Å². The maximum absolute atomic E-state index is 12.1. The quantitative estimate of drug-likeness (QED) is 0.664. The molecule has 0 bridgehead atoms. The van der Waals surface area contributed by atoms with Crippen LogP contribution in [0.25, 0.3) is 0 Å². The van der Waals surface area contributed by atoms with Crippen molar-refractivity contribution in [2.75, 3.05) is 11.7 Å². The van der Waals surface area contributed by atoms with Crippen molar-refractivity contribution in [2.45, 2.75) is 19.0 Å². The lowest BCUT2D eigenvalue weighted by Gasteiger charge is -2.12. The van der Waals surface area contributed by atoms with Crippen molar-refractivity contribution in [3.63, 3.8) is 0 Å². The predicted octanol–water partition coefficient (Wildman–Crippen LogP) is 1.88. The van der Waals surface area contributed by atoms with E-state index in [1.165, 1.54) is 11.8 Å². The number of carbonyl (C=O) groups excluding carboxylic acids is 1. The van der Waals surface area contributed by atoms with Gasteiger partial charge in [0.1, 0.15) is 5.82 Å². The lowest BCUT2D eigenvalue weighted by atomic mass is 10.1. The molecule has 0 saturated heterocycles. The van der Waals surface area contributed by atoms with E-state index in [0.29, 0.717) is 16.5 Å². The molecule has 1 aromatic heterocycles. The second kappa shape index (κ2) is 6.68. The van der Waals surface area contributed by atoms with E-state index in [0.717, 1.165) is 5.56 Å². The molecule has 0 unspecified atom stereocenters. The van der Waals surface area contributed by atoms with Crippen LogP contribution in [0, 0.1) is 13.8 Å². The molecule has 110 valence electrons. The van der Waals surface area contributed by atoms with Crippen LogP contribution in [0.3, 0.4) is 0 Å². The molecule has 1 aromatic carbocycles. The number of hydrogen-bond acceptors (Lipinski definition) is 5. The molecule has 0 saturated carbocycles. The Morgan fingerprint density at radius 3 is 2.76 bits per heavy atom. The third-order valence-corrected chi connectivity index (χ3v) is 3.52. The van der Waals surface area contributed by atoms with Crippen molar-refractivity contribution < 1.29 is 4.79 Å². The van der Waals surface area contributed by atoms with Crippen LogP contribution in [0.5, 0.6) is 0 Å². The molecule has 2 N–H and O–H groups in total. The van der Waals surface area contributed by atoms with Gasteiger partial charge in [-0.3, -0.25) is 15.5 Å². The number of hydrogen-bond donors (Lipinski definition) is 2. The number of thioether (sulfide) groups is 1. The molecule has 0 aliphatic rings. The molecular formula is C13H15N5OS2. The Morgan fingerprint density at radius 2 is 2.10 bits per heavy atom. The van der Waals surface area contributed by atoms with Crippen molar-refractivity contribution in [2.24, 2.45) is 0 Å². The van der Waals surface area contributed by atoms with E-state index in [1.807, 2.05) is 25.3 Å². The number of carbonyl (C=O) groups is 1.